The minimum absolute atomic E-state index is 0.0602. The van der Waals surface area contributed by atoms with E-state index in [0.29, 0.717) is 11.3 Å². The summed E-state index contributed by atoms with van der Waals surface area (Å²) < 4.78 is 0. The van der Waals surface area contributed by atoms with Crippen molar-refractivity contribution < 1.29 is 4.92 Å². The van der Waals surface area contributed by atoms with Gasteiger partial charge in [-0.25, -0.2) is 0 Å². The number of nitroso groups, excluding NO2 is 1. The van der Waals surface area contributed by atoms with E-state index in [9.17, 15) is 15.0 Å². The largest absolute Gasteiger partial charge is 0.276 e. The fourth-order valence-electron chi connectivity index (χ4n) is 1.50. The summed E-state index contributed by atoms with van der Waals surface area (Å²) >= 11 is 0. The fourth-order valence-corrected chi connectivity index (χ4v) is 1.50. The number of hydrogen-bond acceptors (Lipinski definition) is 5. The molecule has 2 aromatic rings. The van der Waals surface area contributed by atoms with Crippen LogP contribution < -0.4 is 5.43 Å². The van der Waals surface area contributed by atoms with Gasteiger partial charge in [-0.05, 0) is 29.4 Å². The first-order valence-electron chi connectivity index (χ1n) is 5.67. The highest BCUT2D eigenvalue weighted by molar-refractivity contribution is 5.99. The van der Waals surface area contributed by atoms with E-state index in [-0.39, 0.29) is 11.5 Å². The smallest absolute Gasteiger partial charge is 0.269 e. The van der Waals surface area contributed by atoms with E-state index < -0.39 is 4.92 Å². The molecule has 0 unspecified atom stereocenters. The molecule has 7 nitrogen and oxygen atoms in total. The molecule has 2 aromatic carbocycles. The van der Waals surface area contributed by atoms with Crippen LogP contribution in [0.3, 0.4) is 0 Å². The van der Waals surface area contributed by atoms with Crippen molar-refractivity contribution in [1.29, 1.82) is 0 Å². The average molecular weight is 270 g/mol. The molecule has 0 amide bonds. The summed E-state index contributed by atoms with van der Waals surface area (Å²) in [6.45, 7) is 0. The number of para-hydroxylation sites is 1. The Hall–Kier alpha value is -3.09. The molecule has 2 rings (SSSR count). The molecular weight excluding hydrogens is 260 g/mol. The molecule has 0 aliphatic heterocycles. The highest BCUT2D eigenvalue weighted by Gasteiger charge is 2.08. The van der Waals surface area contributed by atoms with Gasteiger partial charge in [0.25, 0.3) is 5.69 Å². The number of nitrogens with zero attached hydrogens (tertiary/aromatic N) is 3. The predicted molar refractivity (Wildman–Crippen MR) is 75.5 cm³/mol. The van der Waals surface area contributed by atoms with Gasteiger partial charge in [0.15, 0.2) is 0 Å². The minimum Gasteiger partial charge on any atom is -0.276 e. The second kappa shape index (κ2) is 6.19. The van der Waals surface area contributed by atoms with E-state index >= 15 is 0 Å². The molecule has 20 heavy (non-hydrogen) atoms. The van der Waals surface area contributed by atoms with Crippen LogP contribution >= 0.6 is 0 Å². The molecule has 0 atom stereocenters. The number of hydrazone groups is 1. The van der Waals surface area contributed by atoms with E-state index in [1.54, 1.807) is 12.1 Å². The van der Waals surface area contributed by atoms with E-state index in [1.807, 2.05) is 18.2 Å². The first kappa shape index (κ1) is 13.3. The highest BCUT2D eigenvalue weighted by Crippen LogP contribution is 2.13. The lowest BCUT2D eigenvalue weighted by Crippen LogP contribution is -2.01. The zero-order valence-electron chi connectivity index (χ0n) is 10.3. The molecule has 0 fully saturated rings. The van der Waals surface area contributed by atoms with Crippen molar-refractivity contribution in [3.8, 4) is 0 Å². The molecule has 1 N–H and O–H groups in total. The molecule has 0 heterocycles. The maximum Gasteiger partial charge on any atom is 0.269 e. The molecule has 0 spiro atoms. The van der Waals surface area contributed by atoms with Gasteiger partial charge >= 0.3 is 0 Å². The number of benzene rings is 2. The fraction of sp³-hybridized carbons (Fsp3) is 0. The third kappa shape index (κ3) is 3.22. The van der Waals surface area contributed by atoms with Crippen molar-refractivity contribution in [3.05, 3.63) is 75.2 Å². The van der Waals surface area contributed by atoms with Gasteiger partial charge in [-0.2, -0.15) is 5.10 Å². The molecule has 0 bridgehead atoms. The Morgan fingerprint density at radius 2 is 1.70 bits per heavy atom. The second-order valence-electron chi connectivity index (χ2n) is 3.81. The van der Waals surface area contributed by atoms with Gasteiger partial charge in [0.1, 0.15) is 0 Å². The molecule has 0 saturated heterocycles. The zero-order valence-corrected chi connectivity index (χ0v) is 10.3. The molecule has 0 radical (unpaired) electrons. The van der Waals surface area contributed by atoms with E-state index in [0.717, 1.165) is 0 Å². The summed E-state index contributed by atoms with van der Waals surface area (Å²) in [4.78, 5) is 20.8. The van der Waals surface area contributed by atoms with Gasteiger partial charge in [-0.15, -0.1) is 4.91 Å². The number of rotatable bonds is 4. The Morgan fingerprint density at radius 1 is 1.05 bits per heavy atom. The van der Waals surface area contributed by atoms with Gasteiger partial charge in [0.05, 0.1) is 10.6 Å². The van der Waals surface area contributed by atoms with Gasteiger partial charge < -0.3 is 0 Å². The van der Waals surface area contributed by atoms with Crippen molar-refractivity contribution in [3.63, 3.8) is 0 Å². The Labute approximate surface area is 114 Å². The Morgan fingerprint density at radius 3 is 2.25 bits per heavy atom. The van der Waals surface area contributed by atoms with E-state index in [1.165, 1.54) is 24.3 Å². The molecule has 7 heteroatoms. The SMILES string of the molecule is O=N/C(=N\Nc1ccccc1)c1ccc([N+](=O)[O-])cc1. The van der Waals surface area contributed by atoms with Crippen LogP contribution in [0.1, 0.15) is 5.56 Å². The number of non-ortho nitro benzene ring substituents is 1. The summed E-state index contributed by atoms with van der Waals surface area (Å²) in [5.74, 6) is -0.0799. The van der Waals surface area contributed by atoms with Crippen LogP contribution in [-0.2, 0) is 0 Å². The number of nitrogens with one attached hydrogen (secondary N) is 1. The van der Waals surface area contributed by atoms with Crippen molar-refractivity contribution in [1.82, 2.24) is 0 Å². The van der Waals surface area contributed by atoms with Crippen molar-refractivity contribution in [2.45, 2.75) is 0 Å². The number of nitro groups is 1. The maximum absolute atomic E-state index is 10.8. The summed E-state index contributed by atoms with van der Waals surface area (Å²) in [6, 6.07) is 14.5. The third-order valence-electron chi connectivity index (χ3n) is 2.49. The summed E-state index contributed by atoms with van der Waals surface area (Å²) in [5.41, 5.74) is 3.73. The van der Waals surface area contributed by atoms with Gasteiger partial charge in [0.2, 0.25) is 5.84 Å². The summed E-state index contributed by atoms with van der Waals surface area (Å²) in [6.07, 6.45) is 0. The van der Waals surface area contributed by atoms with Crippen LogP contribution in [0, 0.1) is 15.0 Å². The Kier molecular flexibility index (Phi) is 4.13. The van der Waals surface area contributed by atoms with E-state index in [2.05, 4.69) is 15.7 Å². The lowest BCUT2D eigenvalue weighted by atomic mass is 10.2. The van der Waals surface area contributed by atoms with E-state index in [4.69, 9.17) is 0 Å². The molecule has 0 aliphatic rings. The number of nitro benzene ring substituents is 1. The Balaban J connectivity index is 2.19. The number of hydrogen-bond donors (Lipinski definition) is 1. The van der Waals surface area contributed by atoms with Crippen LogP contribution in [0.25, 0.3) is 0 Å². The summed E-state index contributed by atoms with van der Waals surface area (Å²) in [7, 11) is 0. The monoisotopic (exact) mass is 270 g/mol. The molecule has 100 valence electrons. The lowest BCUT2D eigenvalue weighted by Gasteiger charge is -2.01. The van der Waals surface area contributed by atoms with Gasteiger partial charge in [-0.3, -0.25) is 15.5 Å². The predicted octanol–water partition coefficient (Wildman–Crippen LogP) is 3.13. The number of anilines is 1. The van der Waals surface area contributed by atoms with Crippen LogP contribution in [0.4, 0.5) is 11.4 Å². The molecular formula is C13H10N4O3. The zero-order chi connectivity index (χ0) is 14.4. The third-order valence-corrected chi connectivity index (χ3v) is 2.49. The first-order chi connectivity index (χ1) is 9.70. The minimum atomic E-state index is -0.517. The Bertz CT molecular complexity index is 638. The maximum atomic E-state index is 10.8. The van der Waals surface area contributed by atoms with Crippen LogP contribution in [0.15, 0.2) is 64.9 Å². The topological polar surface area (TPSA) is 97.0 Å². The van der Waals surface area contributed by atoms with Crippen molar-refractivity contribution in [2.75, 3.05) is 5.43 Å². The normalized spacial score (nSPS) is 10.9. The summed E-state index contributed by atoms with van der Waals surface area (Å²) in [5, 5.41) is 17.2. The second-order valence-corrected chi connectivity index (χ2v) is 3.81. The first-order valence-corrected chi connectivity index (χ1v) is 5.67. The number of amidine groups is 1. The van der Waals surface area contributed by atoms with Crippen molar-refractivity contribution in [2.24, 2.45) is 10.3 Å². The lowest BCUT2D eigenvalue weighted by molar-refractivity contribution is -0.384. The van der Waals surface area contributed by atoms with Crippen LogP contribution in [0.2, 0.25) is 0 Å². The van der Waals surface area contributed by atoms with Gasteiger partial charge in [0, 0.05) is 17.7 Å². The molecule has 0 aromatic heterocycles. The highest BCUT2D eigenvalue weighted by atomic mass is 16.6. The molecule has 0 saturated carbocycles. The van der Waals surface area contributed by atoms with Crippen LogP contribution in [-0.4, -0.2) is 10.8 Å². The van der Waals surface area contributed by atoms with Crippen LogP contribution in [0.5, 0.6) is 0 Å². The quantitative estimate of drug-likeness (QED) is 0.303. The van der Waals surface area contributed by atoms with Gasteiger partial charge in [-0.1, -0.05) is 18.2 Å². The standard InChI is InChI=1S/C13H10N4O3/c18-16-13(15-14-11-4-2-1-3-5-11)10-6-8-12(9-7-10)17(19)20/h1-9,14H/b15-13-. The molecule has 0 aliphatic carbocycles. The van der Waals surface area contributed by atoms with Crippen molar-refractivity contribution >= 4 is 17.2 Å². The average Bonchev–Trinajstić information content (AvgIpc) is 2.49.